The van der Waals surface area contributed by atoms with Crippen LogP contribution in [0.3, 0.4) is 0 Å². The fraction of sp³-hybridized carbons (Fsp3) is 0.286. The molecule has 2 heterocycles. The van der Waals surface area contributed by atoms with E-state index in [1.807, 2.05) is 6.07 Å². The maximum Gasteiger partial charge on any atom is 0.292 e. The number of nitrogens with zero attached hydrogens (tertiary/aromatic N) is 2. The van der Waals surface area contributed by atoms with E-state index in [2.05, 4.69) is 29.3 Å². The molecular formula is C14H14ClN3OS. The molecule has 20 heavy (non-hydrogen) atoms. The molecule has 4 nitrogen and oxygen atoms in total. The number of thiophene rings is 1. The molecule has 0 saturated carbocycles. The van der Waals surface area contributed by atoms with Crippen molar-refractivity contribution in [3.8, 4) is 12.3 Å². The van der Waals surface area contributed by atoms with E-state index in [1.54, 1.807) is 11.3 Å². The van der Waals surface area contributed by atoms with Gasteiger partial charge in [-0.25, -0.2) is 4.68 Å². The summed E-state index contributed by atoms with van der Waals surface area (Å²) in [4.78, 5) is 14.6. The summed E-state index contributed by atoms with van der Waals surface area (Å²) in [5.41, 5.74) is 0.0334. The highest BCUT2D eigenvalue weighted by Gasteiger charge is 2.09. The third-order valence-electron chi connectivity index (χ3n) is 2.74. The normalized spacial score (nSPS) is 10.2. The molecule has 0 bridgehead atoms. The number of aromatic nitrogens is 2. The molecule has 0 unspecified atom stereocenters. The second-order valence-electron chi connectivity index (χ2n) is 4.11. The zero-order chi connectivity index (χ0) is 14.5. The number of terminal acetylenes is 1. The standard InChI is InChI=1S/C14H14ClN3OS/c1-3-7-18-14(19)13(12(15)9-17-18)16-8-11-6-5-10(4-2)20-11/h1,5-6,9,16H,4,7-8H2,2H3. The van der Waals surface area contributed by atoms with Crippen molar-refractivity contribution in [3.63, 3.8) is 0 Å². The molecule has 0 aromatic carbocycles. The second-order valence-corrected chi connectivity index (χ2v) is 5.77. The van der Waals surface area contributed by atoms with Gasteiger partial charge in [0.1, 0.15) is 12.2 Å². The van der Waals surface area contributed by atoms with Crippen LogP contribution < -0.4 is 10.9 Å². The number of hydrogen-bond donors (Lipinski definition) is 1. The molecule has 0 amide bonds. The summed E-state index contributed by atoms with van der Waals surface area (Å²) < 4.78 is 1.21. The minimum absolute atomic E-state index is 0.129. The Kier molecular flexibility index (Phi) is 4.83. The molecule has 0 aliphatic rings. The first-order valence-corrected chi connectivity index (χ1v) is 7.35. The summed E-state index contributed by atoms with van der Waals surface area (Å²) in [6, 6.07) is 4.14. The van der Waals surface area contributed by atoms with Crippen molar-refractivity contribution < 1.29 is 0 Å². The van der Waals surface area contributed by atoms with Crippen molar-refractivity contribution in [2.75, 3.05) is 5.32 Å². The van der Waals surface area contributed by atoms with Gasteiger partial charge in [0.05, 0.1) is 11.2 Å². The average molecular weight is 308 g/mol. The van der Waals surface area contributed by atoms with E-state index in [4.69, 9.17) is 18.0 Å². The lowest BCUT2D eigenvalue weighted by atomic mass is 10.3. The van der Waals surface area contributed by atoms with Crippen LogP contribution in [-0.4, -0.2) is 9.78 Å². The van der Waals surface area contributed by atoms with E-state index in [1.165, 1.54) is 15.8 Å². The van der Waals surface area contributed by atoms with Gasteiger partial charge in [0.2, 0.25) is 0 Å². The first kappa shape index (κ1) is 14.6. The molecule has 0 spiro atoms. The van der Waals surface area contributed by atoms with Gasteiger partial charge < -0.3 is 5.32 Å². The number of rotatable bonds is 5. The molecule has 104 valence electrons. The van der Waals surface area contributed by atoms with Crippen molar-refractivity contribution in [1.29, 1.82) is 0 Å². The highest BCUT2D eigenvalue weighted by Crippen LogP contribution is 2.20. The topological polar surface area (TPSA) is 46.9 Å². The number of halogens is 1. The van der Waals surface area contributed by atoms with Gasteiger partial charge in [0.25, 0.3) is 5.56 Å². The Morgan fingerprint density at radius 3 is 2.90 bits per heavy atom. The number of nitrogens with one attached hydrogen (secondary N) is 1. The van der Waals surface area contributed by atoms with Gasteiger partial charge in [-0.3, -0.25) is 4.79 Å². The van der Waals surface area contributed by atoms with E-state index < -0.39 is 0 Å². The van der Waals surface area contributed by atoms with Crippen LogP contribution in [0.5, 0.6) is 0 Å². The van der Waals surface area contributed by atoms with Crippen molar-refractivity contribution in [3.05, 3.63) is 43.5 Å². The van der Waals surface area contributed by atoms with Gasteiger partial charge in [-0.2, -0.15) is 5.10 Å². The van der Waals surface area contributed by atoms with Gasteiger partial charge in [0.15, 0.2) is 0 Å². The molecule has 2 aromatic rings. The summed E-state index contributed by atoms with van der Waals surface area (Å²) in [6.07, 6.45) is 7.63. The minimum atomic E-state index is -0.303. The predicted octanol–water partition coefficient (Wildman–Crippen LogP) is 2.77. The summed E-state index contributed by atoms with van der Waals surface area (Å²) in [7, 11) is 0. The van der Waals surface area contributed by atoms with Crippen LogP contribution in [0.1, 0.15) is 16.7 Å². The monoisotopic (exact) mass is 307 g/mol. The fourth-order valence-electron chi connectivity index (χ4n) is 1.71. The molecule has 1 N–H and O–H groups in total. The average Bonchev–Trinajstić information content (AvgIpc) is 2.90. The molecule has 0 fully saturated rings. The summed E-state index contributed by atoms with van der Waals surface area (Å²) in [5, 5.41) is 7.26. The highest BCUT2D eigenvalue weighted by molar-refractivity contribution is 7.12. The first-order chi connectivity index (χ1) is 9.65. The molecule has 0 saturated heterocycles. The highest BCUT2D eigenvalue weighted by atomic mass is 35.5. The number of hydrogen-bond acceptors (Lipinski definition) is 4. The van der Waals surface area contributed by atoms with E-state index in [0.29, 0.717) is 17.3 Å². The Morgan fingerprint density at radius 2 is 2.25 bits per heavy atom. The van der Waals surface area contributed by atoms with Gasteiger partial charge in [0, 0.05) is 16.3 Å². The molecule has 0 atom stereocenters. The van der Waals surface area contributed by atoms with Gasteiger partial charge in [-0.05, 0) is 18.6 Å². The molecule has 0 aliphatic carbocycles. The lowest BCUT2D eigenvalue weighted by Gasteiger charge is -2.08. The Balaban J connectivity index is 2.18. The van der Waals surface area contributed by atoms with Gasteiger partial charge >= 0.3 is 0 Å². The van der Waals surface area contributed by atoms with E-state index in [-0.39, 0.29) is 12.1 Å². The smallest absolute Gasteiger partial charge is 0.292 e. The summed E-state index contributed by atoms with van der Waals surface area (Å²) in [5.74, 6) is 2.39. The molecular weight excluding hydrogens is 294 g/mol. The molecule has 6 heteroatoms. The SMILES string of the molecule is C#CCn1ncc(Cl)c(NCc2ccc(CC)s2)c1=O. The lowest BCUT2D eigenvalue weighted by Crippen LogP contribution is -2.25. The zero-order valence-corrected chi connectivity index (χ0v) is 12.6. The largest absolute Gasteiger partial charge is 0.374 e. The summed E-state index contributed by atoms with van der Waals surface area (Å²) in [6.45, 7) is 2.80. The minimum Gasteiger partial charge on any atom is -0.374 e. The van der Waals surface area contributed by atoms with Gasteiger partial charge in [-0.1, -0.05) is 24.4 Å². The van der Waals surface area contributed by atoms with Crippen LogP contribution in [0.4, 0.5) is 5.69 Å². The number of anilines is 1. The first-order valence-electron chi connectivity index (χ1n) is 6.16. The quantitative estimate of drug-likeness (QED) is 0.864. The van der Waals surface area contributed by atoms with E-state index >= 15 is 0 Å². The van der Waals surface area contributed by atoms with Crippen molar-refractivity contribution in [2.24, 2.45) is 0 Å². The van der Waals surface area contributed by atoms with Crippen molar-refractivity contribution >= 4 is 28.6 Å². The number of aryl methyl sites for hydroxylation is 1. The van der Waals surface area contributed by atoms with Crippen LogP contribution >= 0.6 is 22.9 Å². The maximum absolute atomic E-state index is 12.1. The van der Waals surface area contributed by atoms with Crippen molar-refractivity contribution in [2.45, 2.75) is 26.4 Å². The van der Waals surface area contributed by atoms with E-state index in [9.17, 15) is 4.79 Å². The van der Waals surface area contributed by atoms with Crippen LogP contribution in [0.15, 0.2) is 23.1 Å². The molecule has 2 aromatic heterocycles. The maximum atomic E-state index is 12.1. The Bertz CT molecular complexity index is 699. The van der Waals surface area contributed by atoms with Crippen LogP contribution in [0.2, 0.25) is 5.02 Å². The Morgan fingerprint density at radius 1 is 1.50 bits per heavy atom. The molecule has 2 rings (SSSR count). The Hall–Kier alpha value is -1.77. The fourth-order valence-corrected chi connectivity index (χ4v) is 2.80. The Labute approximate surface area is 126 Å². The van der Waals surface area contributed by atoms with Gasteiger partial charge in [-0.15, -0.1) is 17.8 Å². The predicted molar refractivity (Wildman–Crippen MR) is 83.4 cm³/mol. The van der Waals surface area contributed by atoms with Crippen LogP contribution in [0, 0.1) is 12.3 Å². The molecule has 0 aliphatic heterocycles. The lowest BCUT2D eigenvalue weighted by molar-refractivity contribution is 0.664. The molecule has 0 radical (unpaired) electrons. The van der Waals surface area contributed by atoms with Crippen LogP contribution in [0.25, 0.3) is 0 Å². The zero-order valence-electron chi connectivity index (χ0n) is 11.0. The second kappa shape index (κ2) is 6.60. The third kappa shape index (κ3) is 3.21. The summed E-state index contributed by atoms with van der Waals surface area (Å²) >= 11 is 7.73. The van der Waals surface area contributed by atoms with Crippen LogP contribution in [-0.2, 0) is 19.5 Å². The third-order valence-corrected chi connectivity index (χ3v) is 4.26. The van der Waals surface area contributed by atoms with E-state index in [0.717, 1.165) is 11.3 Å². The van der Waals surface area contributed by atoms with Crippen molar-refractivity contribution in [1.82, 2.24) is 9.78 Å².